The Balaban J connectivity index is 1.15. The van der Waals surface area contributed by atoms with Crippen LogP contribution in [0.4, 0.5) is 0 Å². The first-order chi connectivity index (χ1) is 16.2. The van der Waals surface area contributed by atoms with Crippen LogP contribution < -0.4 is 14.8 Å². The number of hydrogen-bond acceptors (Lipinski definition) is 4. The van der Waals surface area contributed by atoms with Crippen molar-refractivity contribution in [2.45, 2.75) is 57.6 Å². The second kappa shape index (κ2) is 11.7. The molecule has 1 saturated carbocycles. The van der Waals surface area contributed by atoms with Crippen molar-refractivity contribution in [2.75, 3.05) is 19.7 Å². The fourth-order valence-electron chi connectivity index (χ4n) is 4.57. The van der Waals surface area contributed by atoms with Crippen molar-refractivity contribution in [3.63, 3.8) is 0 Å². The van der Waals surface area contributed by atoms with Crippen molar-refractivity contribution in [1.82, 2.24) is 10.2 Å². The van der Waals surface area contributed by atoms with Gasteiger partial charge in [0.05, 0.1) is 0 Å². The van der Waals surface area contributed by atoms with E-state index < -0.39 is 0 Å². The highest BCUT2D eigenvalue weighted by Gasteiger charge is 2.27. The van der Waals surface area contributed by atoms with E-state index in [-0.39, 0.29) is 30.4 Å². The van der Waals surface area contributed by atoms with Crippen LogP contribution in [0.1, 0.15) is 50.5 Å². The summed E-state index contributed by atoms with van der Waals surface area (Å²) in [6, 6.07) is 17.5. The van der Waals surface area contributed by atoms with Crippen LogP contribution in [0.3, 0.4) is 0 Å². The van der Waals surface area contributed by atoms with E-state index in [1.807, 2.05) is 59.5 Å². The third-order valence-electron chi connectivity index (χ3n) is 6.60. The number of hydrogen-bond donors (Lipinski definition) is 1. The summed E-state index contributed by atoms with van der Waals surface area (Å²) in [5.41, 5.74) is 1.11. The Morgan fingerprint density at radius 1 is 0.818 bits per heavy atom. The molecule has 0 aromatic heterocycles. The van der Waals surface area contributed by atoms with Gasteiger partial charge in [-0.3, -0.25) is 9.59 Å². The molecule has 2 aromatic carbocycles. The van der Waals surface area contributed by atoms with Gasteiger partial charge in [-0.25, -0.2) is 0 Å². The summed E-state index contributed by atoms with van der Waals surface area (Å²) in [6.45, 7) is 1.84. The van der Waals surface area contributed by atoms with Gasteiger partial charge in [0.15, 0.2) is 6.61 Å². The molecule has 1 saturated heterocycles. The lowest BCUT2D eigenvalue weighted by Gasteiger charge is -2.33. The highest BCUT2D eigenvalue weighted by molar-refractivity contribution is 5.79. The van der Waals surface area contributed by atoms with Crippen LogP contribution in [0, 0.1) is 5.92 Å². The van der Waals surface area contributed by atoms with E-state index >= 15 is 0 Å². The molecule has 2 aliphatic rings. The van der Waals surface area contributed by atoms with Gasteiger partial charge in [-0.05, 0) is 55.5 Å². The number of carbonyl (C=O) groups is 2. The molecule has 2 aromatic rings. The van der Waals surface area contributed by atoms with Gasteiger partial charge in [-0.15, -0.1) is 0 Å². The van der Waals surface area contributed by atoms with Gasteiger partial charge < -0.3 is 19.7 Å². The van der Waals surface area contributed by atoms with Crippen molar-refractivity contribution in [3.8, 4) is 11.5 Å². The highest BCUT2D eigenvalue weighted by atomic mass is 16.5. The first-order valence-electron chi connectivity index (χ1n) is 12.1. The lowest BCUT2D eigenvalue weighted by Crippen LogP contribution is -2.48. The zero-order valence-electron chi connectivity index (χ0n) is 19.2. The van der Waals surface area contributed by atoms with Gasteiger partial charge in [0.25, 0.3) is 5.91 Å². The SMILES string of the molecule is O=C(NC1CCN(C(=O)COc2ccc(OCc3ccccc3)cc2)CC1)C1CCCCC1. The molecule has 0 atom stereocenters. The van der Waals surface area contributed by atoms with Crippen LogP contribution in [0.25, 0.3) is 0 Å². The minimum atomic E-state index is -0.0172. The lowest BCUT2D eigenvalue weighted by atomic mass is 9.88. The summed E-state index contributed by atoms with van der Waals surface area (Å²) in [5, 5.41) is 3.21. The molecular formula is C27H34N2O4. The van der Waals surface area contributed by atoms with Crippen LogP contribution in [0.2, 0.25) is 0 Å². The van der Waals surface area contributed by atoms with Crippen LogP contribution in [-0.4, -0.2) is 42.5 Å². The number of amides is 2. The number of benzene rings is 2. The summed E-state index contributed by atoms with van der Waals surface area (Å²) >= 11 is 0. The summed E-state index contributed by atoms with van der Waals surface area (Å²) < 4.78 is 11.5. The van der Waals surface area contributed by atoms with Crippen molar-refractivity contribution < 1.29 is 19.1 Å². The Kier molecular flexibility index (Phi) is 8.23. The van der Waals surface area contributed by atoms with E-state index in [0.717, 1.165) is 49.8 Å². The minimum absolute atomic E-state index is 0.0172. The lowest BCUT2D eigenvalue weighted by molar-refractivity contribution is -0.134. The van der Waals surface area contributed by atoms with Crippen LogP contribution in [-0.2, 0) is 16.2 Å². The molecule has 1 aliphatic heterocycles. The van der Waals surface area contributed by atoms with Crippen LogP contribution in [0.5, 0.6) is 11.5 Å². The van der Waals surface area contributed by atoms with Crippen molar-refractivity contribution in [3.05, 3.63) is 60.2 Å². The summed E-state index contributed by atoms with van der Waals surface area (Å²) in [4.78, 5) is 26.9. The standard InChI is InChI=1S/C27H34N2O4/c30-26(29-17-15-23(16-18-29)28-27(31)22-9-5-2-6-10-22)20-33-25-13-11-24(12-14-25)32-19-21-7-3-1-4-8-21/h1,3-4,7-8,11-14,22-23H,2,5-6,9-10,15-20H2,(H,28,31). The van der Waals surface area contributed by atoms with E-state index in [1.54, 1.807) is 0 Å². The number of piperidine rings is 1. The molecule has 0 spiro atoms. The maximum atomic E-state index is 12.6. The Morgan fingerprint density at radius 3 is 2.12 bits per heavy atom. The third kappa shape index (κ3) is 6.98. The Labute approximate surface area is 196 Å². The van der Waals surface area contributed by atoms with Gasteiger partial charge >= 0.3 is 0 Å². The Bertz CT molecular complexity index is 886. The summed E-state index contributed by atoms with van der Waals surface area (Å²) in [7, 11) is 0. The predicted octanol–water partition coefficient (Wildman–Crippen LogP) is 4.33. The number of likely N-dealkylation sites (tertiary alicyclic amines) is 1. The first-order valence-corrected chi connectivity index (χ1v) is 12.1. The normalized spacial score (nSPS) is 17.4. The maximum Gasteiger partial charge on any atom is 0.260 e. The highest BCUT2D eigenvalue weighted by Crippen LogP contribution is 2.24. The molecule has 2 amide bonds. The molecule has 0 bridgehead atoms. The Morgan fingerprint density at radius 2 is 1.45 bits per heavy atom. The minimum Gasteiger partial charge on any atom is -0.489 e. The topological polar surface area (TPSA) is 67.9 Å². The van der Waals surface area contributed by atoms with Crippen molar-refractivity contribution in [1.29, 1.82) is 0 Å². The molecule has 33 heavy (non-hydrogen) atoms. The largest absolute Gasteiger partial charge is 0.489 e. The molecule has 1 heterocycles. The molecule has 4 rings (SSSR count). The monoisotopic (exact) mass is 450 g/mol. The number of nitrogens with one attached hydrogen (secondary N) is 1. The zero-order valence-corrected chi connectivity index (χ0v) is 19.2. The van der Waals surface area contributed by atoms with Gasteiger partial charge in [0.2, 0.25) is 5.91 Å². The molecule has 176 valence electrons. The van der Waals surface area contributed by atoms with E-state index in [9.17, 15) is 9.59 Å². The number of ether oxygens (including phenoxy) is 2. The fraction of sp³-hybridized carbons (Fsp3) is 0.481. The quantitative estimate of drug-likeness (QED) is 0.650. The fourth-order valence-corrected chi connectivity index (χ4v) is 4.57. The molecular weight excluding hydrogens is 416 g/mol. The number of rotatable bonds is 8. The predicted molar refractivity (Wildman–Crippen MR) is 127 cm³/mol. The second-order valence-electron chi connectivity index (χ2n) is 9.03. The van der Waals surface area contributed by atoms with E-state index in [1.165, 1.54) is 6.42 Å². The Hall–Kier alpha value is -3.02. The van der Waals surface area contributed by atoms with Gasteiger partial charge in [0, 0.05) is 25.0 Å². The number of nitrogens with zero attached hydrogens (tertiary/aromatic N) is 1. The van der Waals surface area contributed by atoms with E-state index in [2.05, 4.69) is 5.32 Å². The average molecular weight is 451 g/mol. The van der Waals surface area contributed by atoms with Gasteiger partial charge in [-0.2, -0.15) is 0 Å². The molecule has 0 unspecified atom stereocenters. The zero-order chi connectivity index (χ0) is 22.9. The summed E-state index contributed by atoms with van der Waals surface area (Å²) in [5.74, 6) is 1.78. The van der Waals surface area contributed by atoms with Gasteiger partial charge in [-0.1, -0.05) is 49.6 Å². The maximum absolute atomic E-state index is 12.6. The van der Waals surface area contributed by atoms with E-state index in [4.69, 9.17) is 9.47 Å². The molecule has 1 N–H and O–H groups in total. The molecule has 0 radical (unpaired) electrons. The number of carbonyl (C=O) groups excluding carboxylic acids is 2. The smallest absolute Gasteiger partial charge is 0.260 e. The van der Waals surface area contributed by atoms with Gasteiger partial charge in [0.1, 0.15) is 18.1 Å². The van der Waals surface area contributed by atoms with Crippen LogP contribution in [0.15, 0.2) is 54.6 Å². The molecule has 6 nitrogen and oxygen atoms in total. The second-order valence-corrected chi connectivity index (χ2v) is 9.03. The third-order valence-corrected chi connectivity index (χ3v) is 6.60. The molecule has 6 heteroatoms. The summed E-state index contributed by atoms with van der Waals surface area (Å²) in [6.07, 6.45) is 7.21. The van der Waals surface area contributed by atoms with E-state index in [0.29, 0.717) is 25.4 Å². The average Bonchev–Trinajstić information content (AvgIpc) is 2.88. The van der Waals surface area contributed by atoms with Crippen molar-refractivity contribution >= 4 is 11.8 Å². The van der Waals surface area contributed by atoms with Crippen LogP contribution >= 0.6 is 0 Å². The first kappa shape index (κ1) is 23.1. The molecule has 1 aliphatic carbocycles. The molecule has 2 fully saturated rings. The van der Waals surface area contributed by atoms with Crippen molar-refractivity contribution in [2.24, 2.45) is 5.92 Å².